The first-order chi connectivity index (χ1) is 8.04. The van der Waals surface area contributed by atoms with E-state index in [4.69, 9.17) is 14.6 Å². The van der Waals surface area contributed by atoms with Gasteiger partial charge in [0.15, 0.2) is 6.29 Å². The zero-order valence-corrected chi connectivity index (χ0v) is 10.6. The maximum absolute atomic E-state index is 9.57. The maximum atomic E-state index is 9.57. The van der Waals surface area contributed by atoms with E-state index >= 15 is 0 Å². The van der Waals surface area contributed by atoms with Gasteiger partial charge in [0.1, 0.15) is 12.2 Å². The number of aliphatic hydroxyl groups excluding tert-OH is 3. The van der Waals surface area contributed by atoms with Crippen molar-refractivity contribution >= 4 is 0 Å². The summed E-state index contributed by atoms with van der Waals surface area (Å²) in [4.78, 5) is 0. The van der Waals surface area contributed by atoms with Crippen LogP contribution in [0.1, 0.15) is 33.1 Å². The summed E-state index contributed by atoms with van der Waals surface area (Å²) in [5.74, 6) is 0.642. The van der Waals surface area contributed by atoms with Crippen molar-refractivity contribution in [2.24, 2.45) is 5.92 Å². The van der Waals surface area contributed by atoms with Crippen LogP contribution in [-0.4, -0.2) is 53.1 Å². The lowest BCUT2D eigenvalue weighted by molar-refractivity contribution is -0.257. The molecule has 102 valence electrons. The van der Waals surface area contributed by atoms with Gasteiger partial charge in [-0.15, -0.1) is 0 Å². The third-order valence-electron chi connectivity index (χ3n) is 2.95. The van der Waals surface area contributed by atoms with E-state index in [1.807, 2.05) is 0 Å². The van der Waals surface area contributed by atoms with Crippen molar-refractivity contribution in [3.63, 3.8) is 0 Å². The van der Waals surface area contributed by atoms with Gasteiger partial charge in [0.2, 0.25) is 0 Å². The molecular weight excluding hydrogens is 224 g/mol. The Kier molecular flexibility index (Phi) is 6.37. The van der Waals surface area contributed by atoms with Gasteiger partial charge in [0, 0.05) is 13.0 Å². The summed E-state index contributed by atoms with van der Waals surface area (Å²) >= 11 is 0. The van der Waals surface area contributed by atoms with E-state index in [2.05, 4.69) is 13.8 Å². The lowest BCUT2D eigenvalue weighted by atomic mass is 10.0. The molecule has 0 saturated carbocycles. The smallest absolute Gasteiger partial charge is 0.160 e. The largest absolute Gasteiger partial charge is 0.394 e. The molecule has 5 nitrogen and oxygen atoms in total. The van der Waals surface area contributed by atoms with Crippen molar-refractivity contribution in [3.8, 4) is 0 Å². The Morgan fingerprint density at radius 1 is 1.35 bits per heavy atom. The monoisotopic (exact) mass is 248 g/mol. The van der Waals surface area contributed by atoms with Crippen molar-refractivity contribution in [2.75, 3.05) is 13.2 Å². The van der Waals surface area contributed by atoms with E-state index in [0.717, 1.165) is 12.8 Å². The van der Waals surface area contributed by atoms with E-state index < -0.39 is 24.6 Å². The summed E-state index contributed by atoms with van der Waals surface area (Å²) in [6.07, 6.45) is -0.932. The molecule has 0 spiro atoms. The van der Waals surface area contributed by atoms with Gasteiger partial charge in [-0.2, -0.15) is 0 Å². The number of hydrogen-bond donors (Lipinski definition) is 3. The highest BCUT2D eigenvalue weighted by Crippen LogP contribution is 2.21. The quantitative estimate of drug-likeness (QED) is 0.588. The predicted molar refractivity (Wildman–Crippen MR) is 62.4 cm³/mol. The second-order valence-corrected chi connectivity index (χ2v) is 4.99. The van der Waals surface area contributed by atoms with E-state index in [-0.39, 0.29) is 13.0 Å². The Hall–Kier alpha value is -0.200. The minimum Gasteiger partial charge on any atom is -0.394 e. The van der Waals surface area contributed by atoms with Gasteiger partial charge in [0.05, 0.1) is 12.7 Å². The third-order valence-corrected chi connectivity index (χ3v) is 2.95. The molecule has 5 heteroatoms. The normalized spacial score (nSPS) is 34.2. The highest BCUT2D eigenvalue weighted by Gasteiger charge is 2.36. The van der Waals surface area contributed by atoms with Crippen molar-refractivity contribution in [2.45, 2.75) is 57.7 Å². The first kappa shape index (κ1) is 14.9. The minimum absolute atomic E-state index is 0.249. The molecule has 4 unspecified atom stereocenters. The fourth-order valence-corrected chi connectivity index (χ4v) is 1.88. The molecule has 0 aromatic heterocycles. The van der Waals surface area contributed by atoms with Crippen molar-refractivity contribution in [1.82, 2.24) is 0 Å². The fourth-order valence-electron chi connectivity index (χ4n) is 1.88. The summed E-state index contributed by atoms with van der Waals surface area (Å²) < 4.78 is 10.8. The average Bonchev–Trinajstić information content (AvgIpc) is 2.28. The van der Waals surface area contributed by atoms with Gasteiger partial charge < -0.3 is 24.8 Å². The molecule has 0 aromatic carbocycles. The van der Waals surface area contributed by atoms with Crippen LogP contribution in [0.4, 0.5) is 0 Å². The highest BCUT2D eigenvalue weighted by atomic mass is 16.7. The van der Waals surface area contributed by atoms with Crippen LogP contribution in [-0.2, 0) is 9.47 Å². The second-order valence-electron chi connectivity index (χ2n) is 4.99. The Balaban J connectivity index is 2.25. The van der Waals surface area contributed by atoms with Crippen LogP contribution in [0.15, 0.2) is 0 Å². The standard InChI is InChI=1S/C12H24O5/c1-8(2)4-3-5-16-11-6-9(14)12(15)10(7-13)17-11/h8-15H,3-7H2,1-2H3. The molecular formula is C12H24O5. The van der Waals surface area contributed by atoms with Gasteiger partial charge in [-0.05, 0) is 18.8 Å². The molecule has 1 rings (SSSR count). The molecule has 0 aromatic rings. The van der Waals surface area contributed by atoms with Crippen LogP contribution >= 0.6 is 0 Å². The summed E-state index contributed by atoms with van der Waals surface area (Å²) in [5.41, 5.74) is 0. The zero-order chi connectivity index (χ0) is 12.8. The molecule has 0 radical (unpaired) electrons. The van der Waals surface area contributed by atoms with Crippen molar-refractivity contribution in [3.05, 3.63) is 0 Å². The Bertz CT molecular complexity index is 209. The lowest BCUT2D eigenvalue weighted by Crippen LogP contribution is -2.50. The molecule has 1 aliphatic heterocycles. The Morgan fingerprint density at radius 3 is 2.65 bits per heavy atom. The fraction of sp³-hybridized carbons (Fsp3) is 1.00. The van der Waals surface area contributed by atoms with Crippen LogP contribution in [0, 0.1) is 5.92 Å². The summed E-state index contributed by atoms with van der Waals surface area (Å²) in [6, 6.07) is 0. The molecule has 0 aliphatic carbocycles. The van der Waals surface area contributed by atoms with E-state index in [9.17, 15) is 10.2 Å². The van der Waals surface area contributed by atoms with E-state index in [1.165, 1.54) is 0 Å². The van der Waals surface area contributed by atoms with Gasteiger partial charge in [0.25, 0.3) is 0 Å². The minimum atomic E-state index is -1.03. The molecule has 1 saturated heterocycles. The van der Waals surface area contributed by atoms with E-state index in [1.54, 1.807) is 0 Å². The number of aliphatic hydroxyl groups is 3. The average molecular weight is 248 g/mol. The predicted octanol–water partition coefficient (Wildman–Crippen LogP) is 0.268. The Morgan fingerprint density at radius 2 is 2.06 bits per heavy atom. The van der Waals surface area contributed by atoms with Crippen LogP contribution in [0.5, 0.6) is 0 Å². The molecule has 0 bridgehead atoms. The van der Waals surface area contributed by atoms with Crippen molar-refractivity contribution in [1.29, 1.82) is 0 Å². The Labute approximate surface area is 102 Å². The zero-order valence-electron chi connectivity index (χ0n) is 10.6. The van der Waals surface area contributed by atoms with E-state index in [0.29, 0.717) is 12.5 Å². The van der Waals surface area contributed by atoms with Gasteiger partial charge >= 0.3 is 0 Å². The molecule has 1 fully saturated rings. The molecule has 4 atom stereocenters. The first-order valence-electron chi connectivity index (χ1n) is 6.28. The SMILES string of the molecule is CC(C)CCCOC1CC(O)C(O)C(CO)O1. The number of hydrogen-bond acceptors (Lipinski definition) is 5. The summed E-state index contributed by atoms with van der Waals surface area (Å²) in [6.45, 7) is 4.56. The topological polar surface area (TPSA) is 79.2 Å². The van der Waals surface area contributed by atoms with Crippen LogP contribution in [0.3, 0.4) is 0 Å². The van der Waals surface area contributed by atoms with Gasteiger partial charge in [-0.25, -0.2) is 0 Å². The van der Waals surface area contributed by atoms with Crippen LogP contribution in [0.2, 0.25) is 0 Å². The van der Waals surface area contributed by atoms with Crippen LogP contribution in [0.25, 0.3) is 0 Å². The van der Waals surface area contributed by atoms with Gasteiger partial charge in [-0.3, -0.25) is 0 Å². The number of rotatable bonds is 6. The molecule has 0 amide bonds. The second kappa shape index (κ2) is 7.28. The molecule has 1 aliphatic rings. The van der Waals surface area contributed by atoms with Crippen LogP contribution < -0.4 is 0 Å². The molecule has 1 heterocycles. The number of ether oxygens (including phenoxy) is 2. The van der Waals surface area contributed by atoms with Crippen molar-refractivity contribution < 1.29 is 24.8 Å². The van der Waals surface area contributed by atoms with Gasteiger partial charge in [-0.1, -0.05) is 13.8 Å². The highest BCUT2D eigenvalue weighted by molar-refractivity contribution is 4.82. The lowest BCUT2D eigenvalue weighted by Gasteiger charge is -2.36. The third kappa shape index (κ3) is 4.89. The summed E-state index contributed by atoms with van der Waals surface area (Å²) in [7, 11) is 0. The maximum Gasteiger partial charge on any atom is 0.160 e. The molecule has 17 heavy (non-hydrogen) atoms. The molecule has 3 N–H and O–H groups in total. The summed E-state index contributed by atoms with van der Waals surface area (Å²) in [5, 5.41) is 28.1. The first-order valence-corrected chi connectivity index (χ1v) is 6.28.